The maximum atomic E-state index is 11.9. The number of rotatable bonds is 6. The van der Waals surface area contributed by atoms with Crippen molar-refractivity contribution in [2.45, 2.75) is 39.0 Å². The second kappa shape index (κ2) is 5.26. The lowest BCUT2D eigenvalue weighted by atomic mass is 9.90. The fourth-order valence-corrected chi connectivity index (χ4v) is 2.50. The predicted octanol–water partition coefficient (Wildman–Crippen LogP) is 2.81. The second-order valence-corrected chi connectivity index (χ2v) is 6.07. The van der Waals surface area contributed by atoms with Gasteiger partial charge in [0.1, 0.15) is 5.41 Å². The summed E-state index contributed by atoms with van der Waals surface area (Å²) in [5.41, 5.74) is 0.107. The number of anilines is 1. The van der Waals surface area contributed by atoms with E-state index in [9.17, 15) is 4.79 Å². The number of nitrogens with zero attached hydrogens (tertiary/aromatic N) is 1. The number of hydrogen-bond donors (Lipinski definition) is 1. The Morgan fingerprint density at radius 3 is 2.94 bits per heavy atom. The van der Waals surface area contributed by atoms with Crippen LogP contribution >= 0.6 is 11.3 Å². The van der Waals surface area contributed by atoms with Gasteiger partial charge in [0.25, 0.3) is 0 Å². The van der Waals surface area contributed by atoms with Gasteiger partial charge >= 0.3 is 5.97 Å². The van der Waals surface area contributed by atoms with E-state index in [-0.39, 0.29) is 5.97 Å². The largest absolute Gasteiger partial charge is 0.465 e. The van der Waals surface area contributed by atoms with Gasteiger partial charge in [-0.25, -0.2) is 4.98 Å². The van der Waals surface area contributed by atoms with Crippen molar-refractivity contribution in [1.29, 1.82) is 0 Å². The molecule has 1 fully saturated rings. The fourth-order valence-electron chi connectivity index (χ4n) is 1.61. The summed E-state index contributed by atoms with van der Waals surface area (Å²) in [7, 11) is 0. The van der Waals surface area contributed by atoms with E-state index in [2.05, 4.69) is 10.3 Å². The van der Waals surface area contributed by atoms with Gasteiger partial charge in [0, 0.05) is 11.9 Å². The van der Waals surface area contributed by atoms with Crippen LogP contribution in [0.5, 0.6) is 0 Å². The minimum Gasteiger partial charge on any atom is -0.465 e. The van der Waals surface area contributed by atoms with Crippen LogP contribution in [0.4, 0.5) is 5.13 Å². The van der Waals surface area contributed by atoms with Gasteiger partial charge in [-0.1, -0.05) is 0 Å². The zero-order chi connectivity index (χ0) is 13.2. The van der Waals surface area contributed by atoms with Gasteiger partial charge in [0.2, 0.25) is 0 Å². The first-order valence-electron chi connectivity index (χ1n) is 6.41. The summed E-state index contributed by atoms with van der Waals surface area (Å²) >= 11 is 1.55. The van der Waals surface area contributed by atoms with Gasteiger partial charge in [-0.15, -0.1) is 11.3 Å². The lowest BCUT2D eigenvalue weighted by molar-refractivity contribution is -0.148. The van der Waals surface area contributed by atoms with Gasteiger partial charge < -0.3 is 10.1 Å². The smallest absolute Gasteiger partial charge is 0.317 e. The SMILES string of the molecule is CCOC(=O)C(C)(C)c1csc(NCC2CC2)n1. The third kappa shape index (κ3) is 3.02. The average Bonchev–Trinajstić information content (AvgIpc) is 3.03. The fraction of sp³-hybridized carbons (Fsp3) is 0.692. The maximum absolute atomic E-state index is 11.9. The Kier molecular flexibility index (Phi) is 3.90. The van der Waals surface area contributed by atoms with Crippen molar-refractivity contribution >= 4 is 22.4 Å². The number of hydrogen-bond acceptors (Lipinski definition) is 5. The lowest BCUT2D eigenvalue weighted by Crippen LogP contribution is -2.31. The second-order valence-electron chi connectivity index (χ2n) is 5.21. The van der Waals surface area contributed by atoms with Crippen LogP contribution in [0.25, 0.3) is 0 Å². The van der Waals surface area contributed by atoms with Crippen molar-refractivity contribution in [2.75, 3.05) is 18.5 Å². The third-order valence-corrected chi connectivity index (χ3v) is 3.97. The molecule has 1 aromatic heterocycles. The molecule has 0 amide bonds. The molecule has 0 saturated heterocycles. The van der Waals surface area contributed by atoms with E-state index < -0.39 is 5.41 Å². The highest BCUT2D eigenvalue weighted by Crippen LogP contribution is 2.31. The molecule has 0 spiro atoms. The van der Waals surface area contributed by atoms with E-state index in [1.54, 1.807) is 11.3 Å². The molecule has 0 aliphatic heterocycles. The highest BCUT2D eigenvalue weighted by atomic mass is 32.1. The summed E-state index contributed by atoms with van der Waals surface area (Å²) in [5, 5.41) is 6.16. The zero-order valence-corrected chi connectivity index (χ0v) is 12.0. The summed E-state index contributed by atoms with van der Waals surface area (Å²) in [6.07, 6.45) is 2.64. The van der Waals surface area contributed by atoms with E-state index in [0.29, 0.717) is 6.61 Å². The van der Waals surface area contributed by atoms with Crippen LogP contribution < -0.4 is 5.32 Å². The minimum atomic E-state index is -0.675. The van der Waals surface area contributed by atoms with Crippen LogP contribution in [-0.4, -0.2) is 24.1 Å². The molecule has 0 atom stereocenters. The van der Waals surface area contributed by atoms with Gasteiger partial charge in [-0.3, -0.25) is 4.79 Å². The van der Waals surface area contributed by atoms with Crippen LogP contribution in [0.3, 0.4) is 0 Å². The molecule has 0 unspecified atom stereocenters. The highest BCUT2D eigenvalue weighted by Gasteiger charge is 2.34. The molecule has 0 bridgehead atoms. The lowest BCUT2D eigenvalue weighted by Gasteiger charge is -2.19. The quantitative estimate of drug-likeness (QED) is 0.806. The maximum Gasteiger partial charge on any atom is 0.317 e. The van der Waals surface area contributed by atoms with E-state index in [1.165, 1.54) is 12.8 Å². The van der Waals surface area contributed by atoms with Crippen molar-refractivity contribution in [1.82, 2.24) is 4.98 Å². The first-order valence-corrected chi connectivity index (χ1v) is 7.29. The standard InChI is InChI=1S/C13H20N2O2S/c1-4-17-11(16)13(2,3)10-8-18-12(15-10)14-7-9-5-6-9/h8-9H,4-7H2,1-3H3,(H,14,15). The molecule has 1 aromatic rings. The van der Waals surface area contributed by atoms with Gasteiger partial charge in [-0.05, 0) is 39.5 Å². The molecule has 1 saturated carbocycles. The van der Waals surface area contributed by atoms with Gasteiger partial charge in [0.15, 0.2) is 5.13 Å². The van der Waals surface area contributed by atoms with Crippen LogP contribution in [0.2, 0.25) is 0 Å². The monoisotopic (exact) mass is 268 g/mol. The summed E-state index contributed by atoms with van der Waals surface area (Å²) in [5.74, 6) is 0.597. The Bertz CT molecular complexity index is 424. The van der Waals surface area contributed by atoms with Crippen LogP contribution in [0.1, 0.15) is 39.3 Å². The molecule has 4 nitrogen and oxygen atoms in total. The summed E-state index contributed by atoms with van der Waals surface area (Å²) < 4.78 is 5.08. The van der Waals surface area contributed by atoms with Gasteiger partial charge in [-0.2, -0.15) is 0 Å². The molecule has 1 aliphatic rings. The number of esters is 1. The molecular formula is C13H20N2O2S. The van der Waals surface area contributed by atoms with Crippen molar-refractivity contribution in [2.24, 2.45) is 5.92 Å². The van der Waals surface area contributed by atoms with E-state index in [1.807, 2.05) is 26.2 Å². The van der Waals surface area contributed by atoms with Crippen LogP contribution in [-0.2, 0) is 14.9 Å². The molecule has 0 radical (unpaired) electrons. The van der Waals surface area contributed by atoms with Crippen molar-refractivity contribution in [3.8, 4) is 0 Å². The summed E-state index contributed by atoms with van der Waals surface area (Å²) in [6, 6.07) is 0. The first-order chi connectivity index (χ1) is 8.54. The van der Waals surface area contributed by atoms with Crippen LogP contribution in [0, 0.1) is 5.92 Å². The Balaban J connectivity index is 2.00. The van der Waals surface area contributed by atoms with E-state index in [0.717, 1.165) is 23.3 Å². The van der Waals surface area contributed by atoms with Crippen molar-refractivity contribution in [3.05, 3.63) is 11.1 Å². The predicted molar refractivity (Wildman–Crippen MR) is 73.0 cm³/mol. The Morgan fingerprint density at radius 2 is 2.33 bits per heavy atom. The Hall–Kier alpha value is -1.10. The number of carbonyl (C=O) groups is 1. The molecule has 5 heteroatoms. The Morgan fingerprint density at radius 1 is 1.61 bits per heavy atom. The van der Waals surface area contributed by atoms with E-state index >= 15 is 0 Å². The summed E-state index contributed by atoms with van der Waals surface area (Å²) in [6.45, 7) is 6.92. The van der Waals surface area contributed by atoms with Crippen molar-refractivity contribution < 1.29 is 9.53 Å². The average molecular weight is 268 g/mol. The topological polar surface area (TPSA) is 51.2 Å². The molecule has 2 rings (SSSR count). The molecule has 100 valence electrons. The van der Waals surface area contributed by atoms with Crippen molar-refractivity contribution in [3.63, 3.8) is 0 Å². The number of aromatic nitrogens is 1. The molecule has 18 heavy (non-hydrogen) atoms. The molecular weight excluding hydrogens is 248 g/mol. The third-order valence-electron chi connectivity index (χ3n) is 3.17. The molecule has 1 heterocycles. The number of nitrogens with one attached hydrogen (secondary N) is 1. The number of ether oxygens (including phenoxy) is 1. The van der Waals surface area contributed by atoms with Crippen LogP contribution in [0.15, 0.2) is 5.38 Å². The van der Waals surface area contributed by atoms with E-state index in [4.69, 9.17) is 4.74 Å². The minimum absolute atomic E-state index is 0.218. The molecule has 0 aromatic carbocycles. The first kappa shape index (κ1) is 13.3. The molecule has 1 N–H and O–H groups in total. The molecule has 1 aliphatic carbocycles. The normalized spacial score (nSPS) is 15.5. The summed E-state index contributed by atoms with van der Waals surface area (Å²) in [4.78, 5) is 16.4. The van der Waals surface area contributed by atoms with Gasteiger partial charge in [0.05, 0.1) is 12.3 Å². The number of thiazole rings is 1. The number of carbonyl (C=O) groups excluding carboxylic acids is 1. The zero-order valence-electron chi connectivity index (χ0n) is 11.2. The Labute approximate surface area is 112 Å². The highest BCUT2D eigenvalue weighted by molar-refractivity contribution is 7.13.